The molecular formula is C15H17N5O2. The van der Waals surface area contributed by atoms with Gasteiger partial charge in [0.1, 0.15) is 11.6 Å². The molecule has 2 aromatic rings. The number of nitrogens with one attached hydrogen (secondary N) is 2. The van der Waals surface area contributed by atoms with Crippen molar-refractivity contribution in [1.29, 1.82) is 5.26 Å². The molecule has 0 saturated carbocycles. The van der Waals surface area contributed by atoms with Gasteiger partial charge in [-0.05, 0) is 12.1 Å². The van der Waals surface area contributed by atoms with E-state index < -0.39 is 5.56 Å². The molecule has 0 fully saturated rings. The number of aliphatic hydroxyl groups excluding tert-OH is 1. The third-order valence-electron chi connectivity index (χ3n) is 3.09. The smallest absolute Gasteiger partial charge is 0.270 e. The Morgan fingerprint density at radius 2 is 2.05 bits per heavy atom. The highest BCUT2D eigenvalue weighted by atomic mass is 16.3. The van der Waals surface area contributed by atoms with Crippen molar-refractivity contribution in [3.63, 3.8) is 0 Å². The van der Waals surface area contributed by atoms with Crippen LogP contribution >= 0.6 is 0 Å². The standard InChI is InChI=1S/C15H17N5O2/c1-20(2)11-5-3-10(4-6-11)13-12(9-16)14(22)19-15(18-13)17-7-8-21/h3-6,21H,7-8H2,1-2H3,(H2,17,18,19,22). The van der Waals surface area contributed by atoms with Crippen molar-refractivity contribution in [2.75, 3.05) is 37.5 Å². The lowest BCUT2D eigenvalue weighted by molar-refractivity contribution is 0.311. The molecule has 0 radical (unpaired) electrons. The lowest BCUT2D eigenvalue weighted by Crippen LogP contribution is -2.18. The van der Waals surface area contributed by atoms with E-state index in [0.29, 0.717) is 11.3 Å². The van der Waals surface area contributed by atoms with E-state index in [2.05, 4.69) is 15.3 Å². The topological polar surface area (TPSA) is 105 Å². The number of nitrogens with zero attached hydrogens (tertiary/aromatic N) is 3. The minimum absolute atomic E-state index is 0.0350. The van der Waals surface area contributed by atoms with Crippen LogP contribution in [0.2, 0.25) is 0 Å². The number of aliphatic hydroxyl groups is 1. The summed E-state index contributed by atoms with van der Waals surface area (Å²) in [5.41, 5.74) is 1.46. The molecule has 0 aliphatic rings. The lowest BCUT2D eigenvalue weighted by atomic mass is 10.1. The molecule has 7 heteroatoms. The van der Waals surface area contributed by atoms with Crippen molar-refractivity contribution in [3.05, 3.63) is 40.2 Å². The van der Waals surface area contributed by atoms with Crippen LogP contribution in [0.15, 0.2) is 29.1 Å². The summed E-state index contributed by atoms with van der Waals surface area (Å²) >= 11 is 0. The average molecular weight is 299 g/mol. The number of anilines is 2. The van der Waals surface area contributed by atoms with Gasteiger partial charge in [-0.2, -0.15) is 5.26 Å². The number of rotatable bonds is 5. The second kappa shape index (κ2) is 6.74. The fourth-order valence-corrected chi connectivity index (χ4v) is 1.96. The number of nitriles is 1. The SMILES string of the molecule is CN(C)c1ccc(-c2nc(NCCO)[nH]c(=O)c2C#N)cc1. The maximum atomic E-state index is 12.0. The Balaban J connectivity index is 2.50. The van der Waals surface area contributed by atoms with Gasteiger partial charge >= 0.3 is 0 Å². The number of hydrogen-bond acceptors (Lipinski definition) is 6. The van der Waals surface area contributed by atoms with E-state index in [-0.39, 0.29) is 24.7 Å². The summed E-state index contributed by atoms with van der Waals surface area (Å²) in [6, 6.07) is 9.29. The Bertz CT molecular complexity index is 744. The molecule has 3 N–H and O–H groups in total. The minimum atomic E-state index is -0.510. The second-order valence-electron chi connectivity index (χ2n) is 4.84. The van der Waals surface area contributed by atoms with Crippen molar-refractivity contribution in [2.24, 2.45) is 0 Å². The molecule has 0 bridgehead atoms. The normalized spacial score (nSPS) is 10.1. The third-order valence-corrected chi connectivity index (χ3v) is 3.09. The molecule has 1 heterocycles. The van der Waals surface area contributed by atoms with Crippen LogP contribution in [0.3, 0.4) is 0 Å². The fourth-order valence-electron chi connectivity index (χ4n) is 1.96. The molecule has 0 amide bonds. The Morgan fingerprint density at radius 3 is 2.59 bits per heavy atom. The number of hydrogen-bond donors (Lipinski definition) is 3. The summed E-state index contributed by atoms with van der Waals surface area (Å²) in [5.74, 6) is 0.227. The summed E-state index contributed by atoms with van der Waals surface area (Å²) < 4.78 is 0. The number of aromatic amines is 1. The summed E-state index contributed by atoms with van der Waals surface area (Å²) in [6.07, 6.45) is 0. The molecular weight excluding hydrogens is 282 g/mol. The van der Waals surface area contributed by atoms with E-state index in [0.717, 1.165) is 5.69 Å². The predicted octanol–water partition coefficient (Wildman–Crippen LogP) is 0.779. The second-order valence-corrected chi connectivity index (χ2v) is 4.84. The summed E-state index contributed by atoms with van der Waals surface area (Å²) in [5, 5.41) is 20.8. The highest BCUT2D eigenvalue weighted by Crippen LogP contribution is 2.22. The van der Waals surface area contributed by atoms with Crippen LogP contribution in [0, 0.1) is 11.3 Å². The van der Waals surface area contributed by atoms with E-state index in [9.17, 15) is 10.1 Å². The van der Waals surface area contributed by atoms with Gasteiger partial charge in [0, 0.05) is 31.9 Å². The molecule has 0 atom stereocenters. The van der Waals surface area contributed by atoms with Crippen molar-refractivity contribution in [2.45, 2.75) is 0 Å². The Morgan fingerprint density at radius 1 is 1.36 bits per heavy atom. The first-order valence-electron chi connectivity index (χ1n) is 6.73. The largest absolute Gasteiger partial charge is 0.395 e. The summed E-state index contributed by atoms with van der Waals surface area (Å²) in [7, 11) is 3.86. The molecule has 0 aliphatic heterocycles. The van der Waals surface area contributed by atoms with E-state index in [1.165, 1.54) is 0 Å². The highest BCUT2D eigenvalue weighted by Gasteiger charge is 2.13. The van der Waals surface area contributed by atoms with E-state index in [4.69, 9.17) is 5.11 Å². The molecule has 0 spiro atoms. The number of H-pyrrole nitrogens is 1. The van der Waals surface area contributed by atoms with Gasteiger partial charge in [-0.3, -0.25) is 9.78 Å². The zero-order valence-electron chi connectivity index (χ0n) is 12.4. The van der Waals surface area contributed by atoms with Crippen LogP contribution in [0.1, 0.15) is 5.56 Å². The van der Waals surface area contributed by atoms with Crippen molar-refractivity contribution in [1.82, 2.24) is 9.97 Å². The monoisotopic (exact) mass is 299 g/mol. The number of benzene rings is 1. The molecule has 0 unspecified atom stereocenters. The van der Waals surface area contributed by atoms with Crippen LogP contribution in [-0.2, 0) is 0 Å². The maximum absolute atomic E-state index is 12.0. The van der Waals surface area contributed by atoms with Crippen LogP contribution in [0.5, 0.6) is 0 Å². The Labute approximate surface area is 127 Å². The average Bonchev–Trinajstić information content (AvgIpc) is 2.52. The van der Waals surface area contributed by atoms with Crippen LogP contribution in [0.4, 0.5) is 11.6 Å². The molecule has 22 heavy (non-hydrogen) atoms. The van der Waals surface area contributed by atoms with Gasteiger partial charge in [0.15, 0.2) is 0 Å². The van der Waals surface area contributed by atoms with Crippen molar-refractivity contribution in [3.8, 4) is 17.3 Å². The van der Waals surface area contributed by atoms with Gasteiger partial charge in [0.05, 0.1) is 12.3 Å². The molecule has 114 valence electrons. The summed E-state index contributed by atoms with van der Waals surface area (Å²) in [6.45, 7) is 0.171. The van der Waals surface area contributed by atoms with Gasteiger partial charge in [-0.1, -0.05) is 12.1 Å². The zero-order chi connectivity index (χ0) is 16.1. The zero-order valence-corrected chi connectivity index (χ0v) is 12.4. The van der Waals surface area contributed by atoms with Gasteiger partial charge in [-0.25, -0.2) is 4.98 Å². The molecule has 2 rings (SSSR count). The van der Waals surface area contributed by atoms with Crippen LogP contribution in [0.25, 0.3) is 11.3 Å². The van der Waals surface area contributed by atoms with Gasteiger partial charge < -0.3 is 15.3 Å². The molecule has 0 aliphatic carbocycles. The first-order valence-corrected chi connectivity index (χ1v) is 6.73. The van der Waals surface area contributed by atoms with Gasteiger partial charge in [0.2, 0.25) is 5.95 Å². The molecule has 7 nitrogen and oxygen atoms in total. The molecule has 0 saturated heterocycles. The Hall–Kier alpha value is -2.85. The van der Waals surface area contributed by atoms with Gasteiger partial charge in [-0.15, -0.1) is 0 Å². The quantitative estimate of drug-likeness (QED) is 0.753. The number of aromatic nitrogens is 2. The molecule has 1 aromatic heterocycles. The predicted molar refractivity (Wildman–Crippen MR) is 84.9 cm³/mol. The maximum Gasteiger partial charge on any atom is 0.270 e. The van der Waals surface area contributed by atoms with E-state index in [1.54, 1.807) is 0 Å². The van der Waals surface area contributed by atoms with Crippen LogP contribution in [-0.4, -0.2) is 42.3 Å². The Kier molecular flexibility index (Phi) is 4.76. The first kappa shape index (κ1) is 15.5. The molecule has 1 aromatic carbocycles. The first-order chi connectivity index (χ1) is 10.6. The fraction of sp³-hybridized carbons (Fsp3) is 0.267. The van der Waals surface area contributed by atoms with E-state index in [1.807, 2.05) is 49.3 Å². The van der Waals surface area contributed by atoms with Gasteiger partial charge in [0.25, 0.3) is 5.56 Å². The summed E-state index contributed by atoms with van der Waals surface area (Å²) in [4.78, 5) is 20.7. The lowest BCUT2D eigenvalue weighted by Gasteiger charge is -2.13. The highest BCUT2D eigenvalue weighted by molar-refractivity contribution is 5.69. The minimum Gasteiger partial charge on any atom is -0.395 e. The van der Waals surface area contributed by atoms with Crippen LogP contribution < -0.4 is 15.8 Å². The van der Waals surface area contributed by atoms with Crippen molar-refractivity contribution < 1.29 is 5.11 Å². The van der Waals surface area contributed by atoms with E-state index >= 15 is 0 Å². The van der Waals surface area contributed by atoms with Crippen molar-refractivity contribution >= 4 is 11.6 Å². The third kappa shape index (κ3) is 3.24.